The van der Waals surface area contributed by atoms with E-state index in [1.165, 1.54) is 43.6 Å². The quantitative estimate of drug-likeness (QED) is 0.533. The Morgan fingerprint density at radius 2 is 1.58 bits per heavy atom. The van der Waals surface area contributed by atoms with Crippen molar-refractivity contribution in [2.45, 2.75) is 64.2 Å². The van der Waals surface area contributed by atoms with Crippen LogP contribution in [0, 0.1) is 0 Å². The molecule has 0 bridgehead atoms. The van der Waals surface area contributed by atoms with Crippen LogP contribution in [0.15, 0.2) is 30.3 Å². The molecule has 2 aliphatic rings. The van der Waals surface area contributed by atoms with Gasteiger partial charge in [0.05, 0.1) is 0 Å². The summed E-state index contributed by atoms with van der Waals surface area (Å²) in [5.41, 5.74) is 5.26. The Morgan fingerprint density at radius 1 is 1.00 bits per heavy atom. The van der Waals surface area contributed by atoms with E-state index in [1.807, 2.05) is 0 Å². The van der Waals surface area contributed by atoms with Crippen LogP contribution in [0.25, 0.3) is 5.70 Å². The van der Waals surface area contributed by atoms with Crippen LogP contribution in [0.1, 0.15) is 56.7 Å². The predicted octanol–water partition coefficient (Wildman–Crippen LogP) is -1.25. The van der Waals surface area contributed by atoms with Crippen molar-refractivity contribution in [3.8, 4) is 0 Å². The summed E-state index contributed by atoms with van der Waals surface area (Å²) in [6, 6.07) is 9.09. The minimum atomic E-state index is -1.62. The molecule has 6 heteroatoms. The second-order valence-corrected chi connectivity index (χ2v) is 13.1. The Morgan fingerprint density at radius 3 is 2.15 bits per heavy atom. The van der Waals surface area contributed by atoms with Crippen molar-refractivity contribution >= 4 is 13.9 Å². The van der Waals surface area contributed by atoms with Gasteiger partial charge in [0.15, 0.2) is 0 Å². The maximum atomic E-state index is 3.98. The van der Waals surface area contributed by atoms with E-state index in [1.54, 1.807) is 5.56 Å². The third-order valence-corrected chi connectivity index (χ3v) is 8.49. The molecule has 2 nitrogen and oxygen atoms in total. The first-order valence-electron chi connectivity index (χ1n) is 9.13. The van der Waals surface area contributed by atoms with Crippen molar-refractivity contribution in [1.29, 1.82) is 0 Å². The minimum absolute atomic E-state index is 0. The van der Waals surface area contributed by atoms with E-state index in [2.05, 4.69) is 74.1 Å². The molecular weight excluding hydrogens is 458 g/mol. The van der Waals surface area contributed by atoms with Crippen LogP contribution in [0.2, 0.25) is 13.1 Å². The molecule has 0 saturated carbocycles. The van der Waals surface area contributed by atoms with Gasteiger partial charge >= 0.3 is 26.2 Å². The van der Waals surface area contributed by atoms with Crippen LogP contribution in [-0.2, 0) is 26.2 Å². The average Bonchev–Trinajstić information content (AvgIpc) is 2.86. The van der Waals surface area contributed by atoms with Crippen molar-refractivity contribution in [2.24, 2.45) is 0 Å². The number of rotatable bonds is 3. The average molecular weight is 491 g/mol. The molecule has 3 rings (SSSR count). The Hall–Kier alpha value is 0.400. The van der Waals surface area contributed by atoms with E-state index >= 15 is 0 Å². The fraction of sp³-hybridized carbons (Fsp3) is 0.600. The first kappa shape index (κ1) is 26.4. The molecule has 1 atom stereocenters. The maximum absolute atomic E-state index is 3.98. The van der Waals surface area contributed by atoms with E-state index in [9.17, 15) is 0 Å². The molecule has 1 fully saturated rings. The second-order valence-electron chi connectivity index (χ2n) is 8.76. The summed E-state index contributed by atoms with van der Waals surface area (Å²) in [7, 11) is -1.62. The van der Waals surface area contributed by atoms with Crippen molar-refractivity contribution < 1.29 is 51.0 Å². The maximum Gasteiger partial charge on any atom is 2.00 e. The van der Waals surface area contributed by atoms with Crippen molar-refractivity contribution in [1.82, 2.24) is 9.88 Å². The van der Waals surface area contributed by atoms with Crippen molar-refractivity contribution in [3.63, 3.8) is 0 Å². The van der Waals surface area contributed by atoms with Crippen LogP contribution in [0.4, 0.5) is 0 Å². The van der Waals surface area contributed by atoms with Gasteiger partial charge in [-0.25, -0.2) is 0 Å². The summed E-state index contributed by atoms with van der Waals surface area (Å²) in [6.07, 6.45) is 6.65. The van der Waals surface area contributed by atoms with Crippen molar-refractivity contribution in [2.75, 3.05) is 13.1 Å². The molecule has 0 aromatic heterocycles. The Balaban J connectivity index is 0.00000208. The number of nitrogens with one attached hydrogen (secondary N) is 1. The Bertz CT molecular complexity index is 608. The first-order valence-corrected chi connectivity index (χ1v) is 12.2. The molecule has 0 amide bonds. The standard InChI is InChI=1S/C20H32N2Si.2ClH.Zr/c1-20(2,3)21-23(4,5)19-15-18(22-13-9-6-10-14-22)16-11-7-8-12-17(16)19;;;/h7-8,11-12,15,19,21H,6,9-10,13-14H2,1-5H3;2*1H;/q;;;+2/p-2. The Labute approximate surface area is 192 Å². The van der Waals surface area contributed by atoms with E-state index in [0.717, 1.165) is 0 Å². The fourth-order valence-electron chi connectivity index (χ4n) is 4.39. The number of hydrogen-bond acceptors (Lipinski definition) is 2. The number of likely N-dealkylation sites (tertiary alicyclic amines) is 1. The summed E-state index contributed by atoms with van der Waals surface area (Å²) in [5.74, 6) is 0. The molecule has 1 aromatic rings. The van der Waals surface area contributed by atoms with Gasteiger partial charge in [0, 0.05) is 35.4 Å². The summed E-state index contributed by atoms with van der Waals surface area (Å²) >= 11 is 0. The smallest absolute Gasteiger partial charge is 1.00 e. The van der Waals surface area contributed by atoms with E-state index < -0.39 is 8.24 Å². The molecule has 1 aromatic carbocycles. The topological polar surface area (TPSA) is 15.3 Å². The normalized spacial score (nSPS) is 19.5. The fourth-order valence-corrected chi connectivity index (χ4v) is 8.08. The molecule has 144 valence electrons. The zero-order chi connectivity index (χ0) is 16.7. The van der Waals surface area contributed by atoms with Gasteiger partial charge in [0.25, 0.3) is 0 Å². The third kappa shape index (κ3) is 5.95. The van der Waals surface area contributed by atoms with Gasteiger partial charge in [-0.15, -0.1) is 0 Å². The monoisotopic (exact) mass is 488 g/mol. The molecule has 26 heavy (non-hydrogen) atoms. The first-order chi connectivity index (χ1) is 10.8. The number of benzene rings is 1. The number of piperidine rings is 1. The third-order valence-electron chi connectivity index (χ3n) is 5.07. The van der Waals surface area contributed by atoms with Gasteiger partial charge in [-0.1, -0.05) is 43.4 Å². The van der Waals surface area contributed by atoms with Crippen LogP contribution >= 0.6 is 0 Å². The number of allylic oxidation sites excluding steroid dienone is 1. The number of nitrogens with zero attached hydrogens (tertiary/aromatic N) is 1. The zero-order valence-corrected chi connectivity index (χ0v) is 21.7. The van der Waals surface area contributed by atoms with Crippen LogP contribution < -0.4 is 29.8 Å². The molecule has 1 unspecified atom stereocenters. The zero-order valence-electron chi connectivity index (χ0n) is 16.7. The van der Waals surface area contributed by atoms with Gasteiger partial charge < -0.3 is 34.7 Å². The molecule has 1 aliphatic heterocycles. The Kier molecular flexibility index (Phi) is 10.4. The predicted molar refractivity (Wildman–Crippen MR) is 103 cm³/mol. The molecule has 1 heterocycles. The summed E-state index contributed by atoms with van der Waals surface area (Å²) in [6.45, 7) is 14.3. The van der Waals surface area contributed by atoms with Gasteiger partial charge in [-0.3, -0.25) is 0 Å². The van der Waals surface area contributed by atoms with E-state index in [0.29, 0.717) is 5.54 Å². The molecule has 1 saturated heterocycles. The SMILES string of the molecule is CC(C)(C)N[Si](C)(C)C1C=C(N2CCCCC2)c2ccccc21.[Cl-].[Cl-].[Zr+2]. The van der Waals surface area contributed by atoms with Gasteiger partial charge in [-0.2, -0.15) is 0 Å². The summed E-state index contributed by atoms with van der Waals surface area (Å²) in [5, 5.41) is 0. The second kappa shape index (κ2) is 10.3. The van der Waals surface area contributed by atoms with E-state index in [-0.39, 0.29) is 56.6 Å². The van der Waals surface area contributed by atoms with Crippen LogP contribution in [-0.4, -0.2) is 31.8 Å². The van der Waals surface area contributed by atoms with E-state index in [4.69, 9.17) is 0 Å². The molecule has 1 aliphatic carbocycles. The molecule has 0 spiro atoms. The summed E-state index contributed by atoms with van der Waals surface area (Å²) < 4.78 is 0. The van der Waals surface area contributed by atoms with Gasteiger partial charge in [0.2, 0.25) is 0 Å². The number of halogens is 2. The largest absolute Gasteiger partial charge is 2.00 e. The summed E-state index contributed by atoms with van der Waals surface area (Å²) in [4.78, 5) is 6.61. The van der Waals surface area contributed by atoms with Gasteiger partial charge in [0.1, 0.15) is 8.24 Å². The molecular formula is C20H32Cl2N2SiZr. The number of fused-ring (bicyclic) bond motifs is 1. The van der Waals surface area contributed by atoms with Crippen LogP contribution in [0.3, 0.4) is 0 Å². The molecule has 0 radical (unpaired) electrons. The van der Waals surface area contributed by atoms with Crippen LogP contribution in [0.5, 0.6) is 0 Å². The molecule has 1 N–H and O–H groups in total. The minimum Gasteiger partial charge on any atom is -1.00 e. The van der Waals surface area contributed by atoms with Gasteiger partial charge in [-0.05, 0) is 45.6 Å². The van der Waals surface area contributed by atoms with Crippen molar-refractivity contribution in [3.05, 3.63) is 41.5 Å². The number of hydrogen-bond donors (Lipinski definition) is 1.